The number of nitrogens with zero attached hydrogens (tertiary/aromatic N) is 8. The first-order valence-corrected chi connectivity index (χ1v) is 16.0. The van der Waals surface area contributed by atoms with Crippen molar-refractivity contribution < 1.29 is 19.1 Å². The number of aryl methyl sites for hydroxylation is 1. The van der Waals surface area contributed by atoms with E-state index in [1.807, 2.05) is 32.0 Å². The van der Waals surface area contributed by atoms with Crippen LogP contribution in [0.4, 0.5) is 20.8 Å². The van der Waals surface area contributed by atoms with Gasteiger partial charge in [0.15, 0.2) is 0 Å². The zero-order valence-electron chi connectivity index (χ0n) is 27.7. The van der Waals surface area contributed by atoms with Gasteiger partial charge in [-0.3, -0.25) is 9.80 Å². The Bertz CT molecular complexity index is 1610. The van der Waals surface area contributed by atoms with Gasteiger partial charge in [0.25, 0.3) is 0 Å². The predicted octanol–water partition coefficient (Wildman–Crippen LogP) is 5.21. The number of benzene rings is 1. The topological polar surface area (TPSA) is 112 Å². The highest BCUT2D eigenvalue weighted by Gasteiger charge is 2.37. The molecule has 46 heavy (non-hydrogen) atoms. The first kappa shape index (κ1) is 33.2. The lowest BCUT2D eigenvalue weighted by Gasteiger charge is -2.51. The summed E-state index contributed by atoms with van der Waals surface area (Å²) in [6.45, 7) is 16.9. The average Bonchev–Trinajstić information content (AvgIpc) is 3.00. The van der Waals surface area contributed by atoms with Crippen molar-refractivity contribution in [2.75, 3.05) is 55.7 Å². The third-order valence-corrected chi connectivity index (χ3v) is 8.65. The van der Waals surface area contributed by atoms with Gasteiger partial charge < -0.3 is 19.6 Å². The number of aromatic hydroxyl groups is 1. The van der Waals surface area contributed by atoms with Crippen LogP contribution in [0.15, 0.2) is 36.4 Å². The Morgan fingerprint density at radius 2 is 1.91 bits per heavy atom. The summed E-state index contributed by atoms with van der Waals surface area (Å²) in [4.78, 5) is 30.5. The lowest BCUT2D eigenvalue weighted by molar-refractivity contribution is -0.0305. The second-order valence-corrected chi connectivity index (χ2v) is 13.4. The Morgan fingerprint density at radius 1 is 1.13 bits per heavy atom. The summed E-state index contributed by atoms with van der Waals surface area (Å²) in [7, 11) is 0. The molecule has 0 saturated carbocycles. The van der Waals surface area contributed by atoms with Gasteiger partial charge in [-0.15, -0.1) is 5.12 Å². The van der Waals surface area contributed by atoms with Crippen LogP contribution in [-0.2, 0) is 11.3 Å². The number of anilines is 2. The van der Waals surface area contributed by atoms with Crippen LogP contribution in [0.2, 0.25) is 0 Å². The van der Waals surface area contributed by atoms with Gasteiger partial charge in [-0.05, 0) is 70.9 Å². The second kappa shape index (κ2) is 13.6. The molecule has 3 aromatic rings. The average molecular weight is 633 g/mol. The number of aromatic nitrogens is 2. The third kappa shape index (κ3) is 7.43. The smallest absolute Gasteiger partial charge is 0.440 e. The van der Waals surface area contributed by atoms with E-state index >= 15 is 0 Å². The van der Waals surface area contributed by atoms with Crippen molar-refractivity contribution in [1.29, 1.82) is 5.26 Å². The van der Waals surface area contributed by atoms with Crippen LogP contribution in [0, 0.1) is 18.3 Å². The summed E-state index contributed by atoms with van der Waals surface area (Å²) >= 11 is 0. The van der Waals surface area contributed by atoms with Crippen LogP contribution in [0.1, 0.15) is 57.9 Å². The second-order valence-electron chi connectivity index (χ2n) is 13.4. The summed E-state index contributed by atoms with van der Waals surface area (Å²) < 4.78 is 19.9. The van der Waals surface area contributed by atoms with Gasteiger partial charge in [-0.2, -0.15) is 5.26 Å². The fourth-order valence-electron chi connectivity index (χ4n) is 6.53. The number of pyridine rings is 2. The van der Waals surface area contributed by atoms with Crippen LogP contribution in [0.5, 0.6) is 5.88 Å². The summed E-state index contributed by atoms with van der Waals surface area (Å²) in [6.07, 6.45) is -0.247. The molecule has 2 atom stereocenters. The first-order chi connectivity index (χ1) is 21.9. The van der Waals surface area contributed by atoms with E-state index in [-0.39, 0.29) is 17.7 Å². The molecule has 2 unspecified atom stereocenters. The lowest BCUT2D eigenvalue weighted by atomic mass is 10.0. The minimum atomic E-state index is -1.01. The molecule has 246 valence electrons. The Hall–Kier alpha value is -4.21. The zero-order valence-corrected chi connectivity index (χ0v) is 27.7. The van der Waals surface area contributed by atoms with Gasteiger partial charge in [-0.25, -0.2) is 14.8 Å². The van der Waals surface area contributed by atoms with Crippen molar-refractivity contribution >= 4 is 28.5 Å². The molecule has 2 aromatic heterocycles. The van der Waals surface area contributed by atoms with Crippen molar-refractivity contribution in [2.24, 2.45) is 0 Å². The fourth-order valence-corrected chi connectivity index (χ4v) is 6.53. The highest BCUT2D eigenvalue weighted by Crippen LogP contribution is 2.33. The summed E-state index contributed by atoms with van der Waals surface area (Å²) in [5.74, 6) is 0.525. The van der Waals surface area contributed by atoms with Crippen molar-refractivity contribution in [3.63, 3.8) is 0 Å². The Morgan fingerprint density at radius 3 is 2.61 bits per heavy atom. The number of carbonyl (C=O) groups excluding carboxylic acids is 1. The molecule has 1 N–H and O–H groups in total. The number of nitriles is 1. The standard InChI is InChI=1S/C34H45FN8O3/c1-7-14-40(22-43(35)33(45)46-34(4,5)6)30-12-9-26(24(3)37-30)19-39-15-16-42-23(2)18-41(21-27(42)20-39)29-11-8-25(17-36)32-28(29)10-13-31(44)38-32/h8-13,23,27H,7,14-16,18-22H2,1-6H3,(H,38,44). The first-order valence-electron chi connectivity index (χ1n) is 16.0. The Kier molecular flexibility index (Phi) is 9.84. The number of fused-ring (bicyclic) bond motifs is 2. The van der Waals surface area contributed by atoms with Crippen molar-refractivity contribution in [2.45, 2.75) is 72.2 Å². The number of hydrogen-bond acceptors (Lipinski definition) is 10. The molecule has 2 aliphatic heterocycles. The molecule has 0 spiro atoms. The Balaban J connectivity index is 1.27. The molecule has 2 saturated heterocycles. The molecule has 11 nitrogen and oxygen atoms in total. The van der Waals surface area contributed by atoms with E-state index in [9.17, 15) is 19.6 Å². The van der Waals surface area contributed by atoms with E-state index < -0.39 is 11.7 Å². The van der Waals surface area contributed by atoms with E-state index in [0.717, 1.165) is 68.0 Å². The highest BCUT2D eigenvalue weighted by atomic mass is 19.2. The van der Waals surface area contributed by atoms with Gasteiger partial charge >= 0.3 is 6.09 Å². The van der Waals surface area contributed by atoms with Crippen molar-refractivity contribution in [3.8, 4) is 11.9 Å². The van der Waals surface area contributed by atoms with Crippen LogP contribution < -0.4 is 9.80 Å². The molecule has 1 aromatic carbocycles. The molecule has 12 heteroatoms. The van der Waals surface area contributed by atoms with E-state index in [4.69, 9.17) is 9.72 Å². The SMILES string of the molecule is CCCN(CN(F)C(=O)OC(C)(C)C)c1ccc(CN2CCN3C(C)CN(c4ccc(C#N)c5nc(O)ccc45)CC3C2)c(C)n1. The lowest BCUT2D eigenvalue weighted by Crippen LogP contribution is -2.65. The zero-order chi connectivity index (χ0) is 33.2. The summed E-state index contributed by atoms with van der Waals surface area (Å²) in [5.41, 5.74) is 3.20. The maximum atomic E-state index is 14.8. The molecule has 2 aliphatic rings. The van der Waals surface area contributed by atoms with E-state index in [1.165, 1.54) is 0 Å². The number of ether oxygens (including phenoxy) is 1. The van der Waals surface area contributed by atoms with Gasteiger partial charge in [0.05, 0.1) is 11.1 Å². The normalized spacial score (nSPS) is 19.0. The van der Waals surface area contributed by atoms with E-state index in [0.29, 0.717) is 35.5 Å². The molecule has 0 radical (unpaired) electrons. The van der Waals surface area contributed by atoms with Gasteiger partial charge in [-0.1, -0.05) is 17.5 Å². The molecule has 2 fully saturated rings. The van der Waals surface area contributed by atoms with Crippen LogP contribution in [-0.4, -0.2) is 99.7 Å². The quantitative estimate of drug-likeness (QED) is 0.263. The maximum Gasteiger partial charge on any atom is 0.440 e. The molecule has 0 bridgehead atoms. The number of halogens is 1. The van der Waals surface area contributed by atoms with Crippen molar-refractivity contribution in [3.05, 3.63) is 53.2 Å². The van der Waals surface area contributed by atoms with E-state index in [2.05, 4.69) is 38.7 Å². The largest absolute Gasteiger partial charge is 0.493 e. The summed E-state index contributed by atoms with van der Waals surface area (Å²) in [5, 5.41) is 20.6. The number of piperazine rings is 2. The minimum Gasteiger partial charge on any atom is -0.493 e. The van der Waals surface area contributed by atoms with Crippen LogP contribution in [0.3, 0.4) is 0 Å². The number of hydrogen-bond donors (Lipinski definition) is 1. The van der Waals surface area contributed by atoms with Crippen LogP contribution in [0.25, 0.3) is 10.9 Å². The monoisotopic (exact) mass is 632 g/mol. The van der Waals surface area contributed by atoms with Gasteiger partial charge in [0.2, 0.25) is 5.88 Å². The predicted molar refractivity (Wildman–Crippen MR) is 176 cm³/mol. The van der Waals surface area contributed by atoms with Gasteiger partial charge in [0, 0.05) is 80.7 Å². The summed E-state index contributed by atoms with van der Waals surface area (Å²) in [6, 6.07) is 14.0. The molecule has 0 aliphatic carbocycles. The number of carbonyl (C=O) groups is 1. The third-order valence-electron chi connectivity index (χ3n) is 8.65. The fraction of sp³-hybridized carbons (Fsp3) is 0.529. The minimum absolute atomic E-state index is 0.0941. The van der Waals surface area contributed by atoms with Crippen molar-refractivity contribution in [1.82, 2.24) is 24.9 Å². The molecular formula is C34H45FN8O3. The molecule has 5 rings (SSSR count). The maximum absolute atomic E-state index is 14.8. The molecule has 1 amide bonds. The Labute approximate surface area is 270 Å². The molecule has 4 heterocycles. The highest BCUT2D eigenvalue weighted by molar-refractivity contribution is 5.95. The molecular weight excluding hydrogens is 587 g/mol. The van der Waals surface area contributed by atoms with E-state index in [1.54, 1.807) is 37.8 Å². The van der Waals surface area contributed by atoms with Crippen LogP contribution >= 0.6 is 0 Å². The number of rotatable bonds is 8. The van der Waals surface area contributed by atoms with Gasteiger partial charge in [0.1, 0.15) is 24.2 Å². The number of amides is 1.